The Labute approximate surface area is 149 Å². The minimum Gasteiger partial charge on any atom is -0.464 e. The number of amides is 2. The van der Waals surface area contributed by atoms with E-state index in [-0.39, 0.29) is 11.5 Å². The van der Waals surface area contributed by atoms with E-state index in [0.717, 1.165) is 0 Å². The van der Waals surface area contributed by atoms with Gasteiger partial charge in [0.15, 0.2) is 0 Å². The van der Waals surface area contributed by atoms with E-state index in [9.17, 15) is 18.9 Å². The maximum Gasteiger partial charge on any atom is 0.425 e. The number of ether oxygens (including phenoxy) is 1. The van der Waals surface area contributed by atoms with Crippen LogP contribution in [-0.4, -0.2) is 43.0 Å². The summed E-state index contributed by atoms with van der Waals surface area (Å²) in [5.74, 6) is -0.132. The van der Waals surface area contributed by atoms with Crippen molar-refractivity contribution in [2.75, 3.05) is 4.90 Å². The summed E-state index contributed by atoms with van der Waals surface area (Å²) in [6.45, 7) is 10.2. The quantitative estimate of drug-likeness (QED) is 0.818. The fraction of sp³-hybridized carbons (Fsp3) is 0.500. The summed E-state index contributed by atoms with van der Waals surface area (Å²) < 4.78 is 20.4. The molecule has 0 saturated heterocycles. The van der Waals surface area contributed by atoms with Crippen LogP contribution in [0.1, 0.15) is 47.2 Å². The number of hydrogen-bond acceptors (Lipinski definition) is 5. The molecule has 1 rings (SSSR count). The first-order valence-corrected chi connectivity index (χ1v) is 8.61. The molecule has 0 aromatic carbocycles. The van der Waals surface area contributed by atoms with E-state index in [1.807, 2.05) is 0 Å². The molecule has 0 aliphatic rings. The Balaban J connectivity index is 3.11. The van der Waals surface area contributed by atoms with Gasteiger partial charge in [0.1, 0.15) is 22.4 Å². The number of carboxylic acid groups (broad SMARTS) is 1. The molecule has 0 spiro atoms. The largest absolute Gasteiger partial charge is 0.464 e. The molecule has 1 aromatic heterocycles. The van der Waals surface area contributed by atoms with Crippen LogP contribution < -0.4 is 4.90 Å². The molecule has 0 aliphatic carbocycles. The van der Waals surface area contributed by atoms with Gasteiger partial charge in [-0.1, -0.05) is 6.07 Å². The molecule has 0 saturated carbocycles. The molecule has 0 aliphatic heterocycles. The van der Waals surface area contributed by atoms with Crippen molar-refractivity contribution in [1.82, 2.24) is 4.98 Å². The fourth-order valence-electron chi connectivity index (χ4n) is 1.47. The molecule has 9 heteroatoms. The molecule has 2 amide bonds. The highest BCUT2D eigenvalue weighted by molar-refractivity contribution is 7.85. The van der Waals surface area contributed by atoms with E-state index in [0.29, 0.717) is 4.90 Å². The maximum absolute atomic E-state index is 12.1. The second kappa shape index (κ2) is 7.73. The van der Waals surface area contributed by atoms with Crippen LogP contribution in [0, 0.1) is 0 Å². The van der Waals surface area contributed by atoms with Crippen LogP contribution in [0.25, 0.3) is 0 Å². The predicted octanol–water partition coefficient (Wildman–Crippen LogP) is 3.38. The highest BCUT2D eigenvalue weighted by Crippen LogP contribution is 2.17. The highest BCUT2D eigenvalue weighted by atomic mass is 32.2. The zero-order valence-electron chi connectivity index (χ0n) is 15.1. The summed E-state index contributed by atoms with van der Waals surface area (Å²) in [6.07, 6.45) is -1.30. The highest BCUT2D eigenvalue weighted by Gasteiger charge is 2.29. The summed E-state index contributed by atoms with van der Waals surface area (Å²) >= 11 is 0. The van der Waals surface area contributed by atoms with Crippen LogP contribution in [-0.2, 0) is 15.7 Å². The molecular weight excluding hydrogens is 346 g/mol. The van der Waals surface area contributed by atoms with Gasteiger partial charge in [0, 0.05) is 0 Å². The molecular formula is C16H23N3O5S. The average molecular weight is 369 g/mol. The molecule has 1 atom stereocenters. The standard InChI is InChI=1S/C16H23N3O5S/c1-15(2,3)24-14(22)19(13(20)21)12-9-7-8-11(18-12)10-17-25(23)16(4,5)6/h7-10H,1-6H3,(H,20,21)/b17-10-/t25-/m1/s1. The topological polar surface area (TPSA) is 109 Å². The average Bonchev–Trinajstić information content (AvgIpc) is 2.41. The van der Waals surface area contributed by atoms with Gasteiger partial charge in [0.05, 0.1) is 16.7 Å². The van der Waals surface area contributed by atoms with Gasteiger partial charge >= 0.3 is 12.2 Å². The van der Waals surface area contributed by atoms with Crippen molar-refractivity contribution in [3.63, 3.8) is 0 Å². The van der Waals surface area contributed by atoms with Crippen LogP contribution in [0.3, 0.4) is 0 Å². The van der Waals surface area contributed by atoms with Crippen molar-refractivity contribution in [2.24, 2.45) is 4.40 Å². The first-order chi connectivity index (χ1) is 11.3. The lowest BCUT2D eigenvalue weighted by Gasteiger charge is -2.23. The number of hydrogen-bond donors (Lipinski definition) is 1. The Morgan fingerprint density at radius 3 is 2.32 bits per heavy atom. The number of aromatic nitrogens is 1. The molecule has 0 bridgehead atoms. The van der Waals surface area contributed by atoms with Crippen molar-refractivity contribution >= 4 is 35.2 Å². The van der Waals surface area contributed by atoms with Gasteiger partial charge in [-0.25, -0.2) is 18.8 Å². The van der Waals surface area contributed by atoms with Crippen LogP contribution in [0.2, 0.25) is 0 Å². The number of anilines is 1. The lowest BCUT2D eigenvalue weighted by atomic mass is 10.2. The lowest BCUT2D eigenvalue weighted by molar-refractivity contribution is 0.0581. The van der Waals surface area contributed by atoms with E-state index in [2.05, 4.69) is 9.38 Å². The van der Waals surface area contributed by atoms with E-state index in [4.69, 9.17) is 4.74 Å². The van der Waals surface area contributed by atoms with E-state index >= 15 is 0 Å². The van der Waals surface area contributed by atoms with Gasteiger partial charge in [-0.15, -0.1) is 0 Å². The maximum atomic E-state index is 12.1. The van der Waals surface area contributed by atoms with Crippen LogP contribution in [0.15, 0.2) is 22.6 Å². The minimum atomic E-state index is -1.52. The van der Waals surface area contributed by atoms with Gasteiger partial charge in [-0.2, -0.15) is 9.30 Å². The van der Waals surface area contributed by atoms with Gasteiger partial charge in [-0.05, 0) is 53.7 Å². The summed E-state index contributed by atoms with van der Waals surface area (Å²) in [5, 5.41) is 9.31. The smallest absolute Gasteiger partial charge is 0.425 e. The molecule has 138 valence electrons. The monoisotopic (exact) mass is 369 g/mol. The van der Waals surface area contributed by atoms with E-state index < -0.39 is 33.5 Å². The Kier molecular flexibility index (Phi) is 6.42. The minimum absolute atomic E-state index is 0.132. The molecule has 1 N–H and O–H groups in total. The van der Waals surface area contributed by atoms with Gasteiger partial charge in [0.2, 0.25) is 0 Å². The number of carbonyl (C=O) groups excluding carboxylic acids is 1. The zero-order valence-corrected chi connectivity index (χ0v) is 16.0. The third-order valence-electron chi connectivity index (χ3n) is 2.56. The third kappa shape index (κ3) is 6.61. The normalized spacial score (nSPS) is 13.5. The Morgan fingerprint density at radius 1 is 1.24 bits per heavy atom. The fourth-order valence-corrected chi connectivity index (χ4v) is 1.99. The first-order valence-electron chi connectivity index (χ1n) is 7.50. The van der Waals surface area contributed by atoms with Crippen molar-refractivity contribution in [3.05, 3.63) is 23.9 Å². The van der Waals surface area contributed by atoms with Crippen molar-refractivity contribution in [2.45, 2.75) is 51.9 Å². The second-order valence-corrected chi connectivity index (χ2v) is 9.05. The summed E-state index contributed by atoms with van der Waals surface area (Å²) in [6, 6.07) is 4.43. The molecule has 1 heterocycles. The van der Waals surface area contributed by atoms with Crippen molar-refractivity contribution in [3.8, 4) is 0 Å². The van der Waals surface area contributed by atoms with Crippen LogP contribution >= 0.6 is 0 Å². The van der Waals surface area contributed by atoms with Gasteiger partial charge < -0.3 is 9.84 Å². The molecule has 0 radical (unpaired) electrons. The number of pyridine rings is 1. The first kappa shape index (κ1) is 20.8. The van der Waals surface area contributed by atoms with E-state index in [1.165, 1.54) is 18.3 Å². The van der Waals surface area contributed by atoms with Crippen molar-refractivity contribution in [1.29, 1.82) is 0 Å². The number of rotatable bonds is 3. The third-order valence-corrected chi connectivity index (χ3v) is 3.90. The number of carbonyl (C=O) groups is 2. The zero-order chi connectivity index (χ0) is 19.4. The van der Waals surface area contributed by atoms with Crippen LogP contribution in [0.4, 0.5) is 15.4 Å². The van der Waals surface area contributed by atoms with Crippen LogP contribution in [0.5, 0.6) is 0 Å². The van der Waals surface area contributed by atoms with Crippen molar-refractivity contribution < 1.29 is 23.6 Å². The Bertz CT molecular complexity index is 704. The summed E-state index contributed by atoms with van der Waals surface area (Å²) in [7, 11) is -1.48. The van der Waals surface area contributed by atoms with Gasteiger partial charge in [0.25, 0.3) is 0 Å². The number of imide groups is 1. The second-order valence-electron chi connectivity index (χ2n) is 7.12. The molecule has 8 nitrogen and oxygen atoms in total. The molecule has 25 heavy (non-hydrogen) atoms. The van der Waals surface area contributed by atoms with E-state index in [1.54, 1.807) is 47.6 Å². The molecule has 0 fully saturated rings. The molecule has 0 unspecified atom stereocenters. The summed E-state index contributed by atoms with van der Waals surface area (Å²) in [4.78, 5) is 28.0. The van der Waals surface area contributed by atoms with Gasteiger partial charge in [-0.3, -0.25) is 0 Å². The Morgan fingerprint density at radius 2 is 1.84 bits per heavy atom. The number of nitrogens with zero attached hydrogens (tertiary/aromatic N) is 3. The SMILES string of the molecule is CC(C)(C)OC(=O)N(C(=O)O)c1cccc(/C=N\[S@](=O)C(C)(C)C)n1. The molecule has 1 aromatic rings. The lowest BCUT2D eigenvalue weighted by Crippen LogP contribution is -2.40. The summed E-state index contributed by atoms with van der Waals surface area (Å²) in [5.41, 5.74) is -0.585. The Hall–Kier alpha value is -2.29. The predicted molar refractivity (Wildman–Crippen MR) is 96.5 cm³/mol.